The first-order valence-corrected chi connectivity index (χ1v) is 6.12. The first-order valence-electron chi connectivity index (χ1n) is 3.49. The molecule has 2 unspecified atom stereocenters. The SMILES string of the molecule is O=C1C[C@H]2N1CC(I)CS2=O. The van der Waals surface area contributed by atoms with Gasteiger partial charge in [-0.05, 0) is 0 Å². The number of fused-ring (bicyclic) bond motifs is 1. The van der Waals surface area contributed by atoms with Crippen molar-refractivity contribution in [2.75, 3.05) is 12.3 Å². The maximum Gasteiger partial charge on any atom is 0.226 e. The summed E-state index contributed by atoms with van der Waals surface area (Å²) in [6, 6.07) is 0. The third-order valence-corrected chi connectivity index (χ3v) is 5.25. The number of hydrogen-bond donors (Lipinski definition) is 0. The van der Waals surface area contributed by atoms with Crippen molar-refractivity contribution in [1.82, 2.24) is 4.90 Å². The lowest BCUT2D eigenvalue weighted by Gasteiger charge is -2.44. The molecule has 2 rings (SSSR count). The summed E-state index contributed by atoms with van der Waals surface area (Å²) >= 11 is 2.25. The minimum Gasteiger partial charge on any atom is -0.326 e. The Hall–Kier alpha value is 0.350. The molecule has 0 bridgehead atoms. The van der Waals surface area contributed by atoms with Gasteiger partial charge in [-0.15, -0.1) is 0 Å². The monoisotopic (exact) mass is 285 g/mol. The molecule has 3 nitrogen and oxygen atoms in total. The maximum atomic E-state index is 11.3. The van der Waals surface area contributed by atoms with Crippen LogP contribution in [0.25, 0.3) is 0 Å². The van der Waals surface area contributed by atoms with Crippen LogP contribution >= 0.6 is 22.6 Å². The van der Waals surface area contributed by atoms with Crippen molar-refractivity contribution < 1.29 is 9.00 Å². The molecule has 0 aliphatic carbocycles. The second-order valence-electron chi connectivity index (χ2n) is 2.85. The van der Waals surface area contributed by atoms with Crippen molar-refractivity contribution in [3.8, 4) is 0 Å². The molecule has 0 aromatic heterocycles. The van der Waals surface area contributed by atoms with Crippen LogP contribution in [0, 0.1) is 0 Å². The molecular formula is C6H8INO2S. The van der Waals surface area contributed by atoms with Crippen molar-refractivity contribution >= 4 is 39.3 Å². The summed E-state index contributed by atoms with van der Waals surface area (Å²) in [7, 11) is -0.781. The predicted molar refractivity (Wildman–Crippen MR) is 50.9 cm³/mol. The second-order valence-corrected chi connectivity index (χ2v) is 6.25. The van der Waals surface area contributed by atoms with Crippen molar-refractivity contribution in [1.29, 1.82) is 0 Å². The van der Waals surface area contributed by atoms with Crippen molar-refractivity contribution in [3.63, 3.8) is 0 Å². The molecule has 0 aromatic carbocycles. The van der Waals surface area contributed by atoms with E-state index < -0.39 is 10.8 Å². The molecule has 2 aliphatic heterocycles. The van der Waals surface area contributed by atoms with E-state index in [2.05, 4.69) is 22.6 Å². The Labute approximate surface area is 81.1 Å². The van der Waals surface area contributed by atoms with Crippen molar-refractivity contribution in [2.24, 2.45) is 0 Å². The van der Waals surface area contributed by atoms with Crippen LogP contribution < -0.4 is 0 Å². The largest absolute Gasteiger partial charge is 0.326 e. The molecule has 2 fully saturated rings. The van der Waals surface area contributed by atoms with E-state index in [1.165, 1.54) is 0 Å². The van der Waals surface area contributed by atoms with Crippen molar-refractivity contribution in [2.45, 2.75) is 15.7 Å². The number of β-lactam (4-membered cyclic amide) rings is 1. The minimum absolute atomic E-state index is 0.0634. The molecule has 2 saturated heterocycles. The number of carbonyl (C=O) groups excluding carboxylic acids is 1. The molecule has 0 saturated carbocycles. The van der Waals surface area contributed by atoms with Gasteiger partial charge >= 0.3 is 0 Å². The molecule has 62 valence electrons. The zero-order valence-electron chi connectivity index (χ0n) is 5.83. The summed E-state index contributed by atoms with van der Waals surface area (Å²) in [5.41, 5.74) is 0. The van der Waals surface area contributed by atoms with Crippen LogP contribution in [-0.4, -0.2) is 36.6 Å². The topological polar surface area (TPSA) is 37.4 Å². The molecule has 0 spiro atoms. The lowest BCUT2D eigenvalue weighted by molar-refractivity contribution is -0.141. The zero-order chi connectivity index (χ0) is 8.01. The highest BCUT2D eigenvalue weighted by Gasteiger charge is 2.44. The standard InChI is InChI=1S/C6H8INO2S/c7-4-2-8-5(9)1-6(8)11(10)3-4/h4,6H,1-3H2/t4?,6-,11?/m0/s1. The van der Waals surface area contributed by atoms with Gasteiger partial charge in [-0.1, -0.05) is 22.6 Å². The fourth-order valence-electron chi connectivity index (χ4n) is 1.43. The van der Waals surface area contributed by atoms with Gasteiger partial charge in [0.2, 0.25) is 5.91 Å². The predicted octanol–water partition coefficient (Wildman–Crippen LogP) is 0.111. The van der Waals surface area contributed by atoms with Crippen LogP contribution in [-0.2, 0) is 15.6 Å². The highest BCUT2D eigenvalue weighted by molar-refractivity contribution is 14.1. The number of nitrogens with zero attached hydrogens (tertiary/aromatic N) is 1. The number of carbonyl (C=O) groups is 1. The quantitative estimate of drug-likeness (QED) is 0.360. The van der Waals surface area contributed by atoms with Gasteiger partial charge in [0.1, 0.15) is 5.37 Å². The molecule has 0 N–H and O–H groups in total. The van der Waals surface area contributed by atoms with Crippen LogP contribution in [0.4, 0.5) is 0 Å². The number of hydrogen-bond acceptors (Lipinski definition) is 2. The summed E-state index contributed by atoms with van der Waals surface area (Å²) in [5, 5.41) is 0.0634. The maximum absolute atomic E-state index is 11.3. The van der Waals surface area contributed by atoms with E-state index in [4.69, 9.17) is 0 Å². The van der Waals surface area contributed by atoms with Gasteiger partial charge < -0.3 is 4.90 Å². The summed E-state index contributed by atoms with van der Waals surface area (Å²) in [5.74, 6) is 0.930. The normalized spacial score (nSPS) is 43.2. The summed E-state index contributed by atoms with van der Waals surface area (Å²) in [6.07, 6.45) is 0.510. The van der Waals surface area contributed by atoms with Crippen LogP contribution in [0.2, 0.25) is 0 Å². The summed E-state index contributed by atoms with van der Waals surface area (Å²) in [6.45, 7) is 0.801. The van der Waals surface area contributed by atoms with E-state index in [9.17, 15) is 9.00 Å². The van der Waals surface area contributed by atoms with E-state index in [0.29, 0.717) is 10.3 Å². The third-order valence-electron chi connectivity index (χ3n) is 2.06. The first kappa shape index (κ1) is 7.97. The Morgan fingerprint density at radius 1 is 1.64 bits per heavy atom. The lowest BCUT2D eigenvalue weighted by atomic mass is 10.2. The van der Waals surface area contributed by atoms with E-state index in [-0.39, 0.29) is 11.3 Å². The Bertz CT molecular complexity index is 233. The Kier molecular flexibility index (Phi) is 1.95. The van der Waals surface area contributed by atoms with Gasteiger partial charge in [-0.25, -0.2) is 0 Å². The van der Waals surface area contributed by atoms with E-state index in [0.717, 1.165) is 12.3 Å². The molecule has 1 amide bonds. The Morgan fingerprint density at radius 2 is 2.36 bits per heavy atom. The Balaban J connectivity index is 2.13. The van der Waals surface area contributed by atoms with Gasteiger partial charge in [-0.3, -0.25) is 9.00 Å². The Morgan fingerprint density at radius 3 is 3.00 bits per heavy atom. The van der Waals surface area contributed by atoms with Crippen LogP contribution in [0.1, 0.15) is 6.42 Å². The van der Waals surface area contributed by atoms with Crippen LogP contribution in [0.5, 0.6) is 0 Å². The molecule has 3 atom stereocenters. The number of alkyl halides is 1. The van der Waals surface area contributed by atoms with Gasteiger partial charge in [0.25, 0.3) is 0 Å². The molecule has 11 heavy (non-hydrogen) atoms. The van der Waals surface area contributed by atoms with Crippen LogP contribution in [0.15, 0.2) is 0 Å². The summed E-state index contributed by atoms with van der Waals surface area (Å²) in [4.78, 5) is 12.7. The van der Waals surface area contributed by atoms with E-state index in [1.54, 1.807) is 4.90 Å². The molecule has 2 heterocycles. The molecular weight excluding hydrogens is 277 g/mol. The smallest absolute Gasteiger partial charge is 0.226 e. The molecule has 5 heteroatoms. The highest BCUT2D eigenvalue weighted by atomic mass is 127. The van der Waals surface area contributed by atoms with E-state index >= 15 is 0 Å². The minimum atomic E-state index is -0.781. The summed E-state index contributed by atoms with van der Waals surface area (Å²) < 4.78 is 11.7. The average molecular weight is 285 g/mol. The van der Waals surface area contributed by atoms with Gasteiger partial charge in [-0.2, -0.15) is 0 Å². The second kappa shape index (κ2) is 2.69. The third kappa shape index (κ3) is 1.22. The molecule has 0 aromatic rings. The number of halogens is 1. The first-order chi connectivity index (χ1) is 5.18. The molecule has 2 aliphatic rings. The highest BCUT2D eigenvalue weighted by Crippen LogP contribution is 2.29. The van der Waals surface area contributed by atoms with Crippen LogP contribution in [0.3, 0.4) is 0 Å². The lowest BCUT2D eigenvalue weighted by Crippen LogP contribution is -2.60. The van der Waals surface area contributed by atoms with Gasteiger partial charge in [0.15, 0.2) is 0 Å². The van der Waals surface area contributed by atoms with Gasteiger partial charge in [0, 0.05) is 27.0 Å². The average Bonchev–Trinajstić information content (AvgIpc) is 1.93. The number of amides is 1. The molecule has 0 radical (unpaired) electrons. The van der Waals surface area contributed by atoms with Crippen molar-refractivity contribution in [3.05, 3.63) is 0 Å². The zero-order valence-corrected chi connectivity index (χ0v) is 8.80. The fraction of sp³-hybridized carbons (Fsp3) is 0.833. The number of rotatable bonds is 0. The van der Waals surface area contributed by atoms with Gasteiger partial charge in [0.05, 0.1) is 6.42 Å². The van der Waals surface area contributed by atoms with E-state index in [1.807, 2.05) is 0 Å². The fourth-order valence-corrected chi connectivity index (χ4v) is 4.42.